The van der Waals surface area contributed by atoms with Gasteiger partial charge >= 0.3 is 6.03 Å². The summed E-state index contributed by atoms with van der Waals surface area (Å²) in [6.07, 6.45) is 6.06. The summed E-state index contributed by atoms with van der Waals surface area (Å²) in [6, 6.07) is -2.18. The highest BCUT2D eigenvalue weighted by atomic mass is 16.2. The summed E-state index contributed by atoms with van der Waals surface area (Å²) in [5.74, 6) is -2.68. The van der Waals surface area contributed by atoms with Crippen molar-refractivity contribution in [2.75, 3.05) is 13.6 Å². The lowest BCUT2D eigenvalue weighted by atomic mass is 9.95. The smallest absolute Gasteiger partial charge is 0.315 e. The van der Waals surface area contributed by atoms with Gasteiger partial charge in [0, 0.05) is 32.1 Å². The number of ketones is 1. The maximum Gasteiger partial charge on any atom is 0.315 e. The van der Waals surface area contributed by atoms with Crippen LogP contribution in [0.5, 0.6) is 0 Å². The molecule has 154 valence electrons. The number of nitrogens with one attached hydrogen (secondary N) is 4. The summed E-state index contributed by atoms with van der Waals surface area (Å²) in [4.78, 5) is 59.5. The fraction of sp³-hybridized carbons (Fsp3) is 0.500. The maximum atomic E-state index is 12.6. The van der Waals surface area contributed by atoms with Gasteiger partial charge < -0.3 is 27.0 Å². The molecule has 6 N–H and O–H groups in total. The van der Waals surface area contributed by atoms with Gasteiger partial charge in [0.05, 0.1) is 18.4 Å². The predicted octanol–water partition coefficient (Wildman–Crippen LogP) is -1.13. The minimum Gasteiger partial charge on any atom is -0.370 e. The molecule has 0 radical (unpaired) electrons. The number of hydrogen-bond acceptors (Lipinski definition) is 5. The monoisotopic (exact) mass is 393 g/mol. The Kier molecular flexibility index (Phi) is 9.41. The fourth-order valence-electron chi connectivity index (χ4n) is 2.49. The number of amides is 5. The molecule has 0 spiro atoms. The Labute approximate surface area is 163 Å². The second-order valence-corrected chi connectivity index (χ2v) is 6.39. The van der Waals surface area contributed by atoms with Crippen LogP contribution in [0.2, 0.25) is 0 Å². The van der Waals surface area contributed by atoms with Gasteiger partial charge in [-0.25, -0.2) is 4.79 Å². The van der Waals surface area contributed by atoms with Crippen LogP contribution in [0.15, 0.2) is 24.3 Å². The van der Waals surface area contributed by atoms with Crippen LogP contribution in [0.1, 0.15) is 26.2 Å². The molecule has 10 heteroatoms. The Bertz CT molecular complexity index is 673. The average Bonchev–Trinajstić information content (AvgIpc) is 2.62. The maximum absolute atomic E-state index is 12.6. The van der Waals surface area contributed by atoms with E-state index in [0.29, 0.717) is 13.0 Å². The number of Topliss-reactive ketones (excluding diaryl/α,β-unsaturated/α-hetero) is 1. The van der Waals surface area contributed by atoms with Gasteiger partial charge in [0.2, 0.25) is 17.7 Å². The van der Waals surface area contributed by atoms with Crippen molar-refractivity contribution in [3.8, 4) is 0 Å². The van der Waals surface area contributed by atoms with Crippen molar-refractivity contribution >= 4 is 29.5 Å². The van der Waals surface area contributed by atoms with E-state index >= 15 is 0 Å². The zero-order chi connectivity index (χ0) is 21.1. The van der Waals surface area contributed by atoms with Crippen LogP contribution in [-0.4, -0.2) is 55.2 Å². The van der Waals surface area contributed by atoms with Gasteiger partial charge in [0.15, 0.2) is 5.78 Å². The van der Waals surface area contributed by atoms with Gasteiger partial charge in [0.25, 0.3) is 0 Å². The summed E-state index contributed by atoms with van der Waals surface area (Å²) in [5.41, 5.74) is 5.16. The van der Waals surface area contributed by atoms with E-state index in [0.717, 1.165) is 0 Å². The van der Waals surface area contributed by atoms with Gasteiger partial charge in [-0.3, -0.25) is 19.2 Å². The third kappa shape index (κ3) is 8.47. The van der Waals surface area contributed by atoms with E-state index < -0.39 is 41.6 Å². The highest BCUT2D eigenvalue weighted by Gasteiger charge is 2.27. The first kappa shape index (κ1) is 22.9. The fourth-order valence-corrected chi connectivity index (χ4v) is 2.49. The van der Waals surface area contributed by atoms with E-state index in [2.05, 4.69) is 21.3 Å². The second-order valence-electron chi connectivity index (χ2n) is 6.39. The molecule has 5 amide bonds. The normalized spacial score (nSPS) is 23.6. The molecule has 0 aromatic carbocycles. The Morgan fingerprint density at radius 3 is 2.64 bits per heavy atom. The van der Waals surface area contributed by atoms with Crippen molar-refractivity contribution in [1.82, 2.24) is 21.3 Å². The van der Waals surface area contributed by atoms with Crippen molar-refractivity contribution < 1.29 is 24.0 Å². The molecule has 0 saturated heterocycles. The molecule has 0 bridgehead atoms. The molecule has 1 rings (SSSR count). The van der Waals surface area contributed by atoms with E-state index in [1.165, 1.54) is 13.1 Å². The van der Waals surface area contributed by atoms with Gasteiger partial charge in [-0.1, -0.05) is 18.2 Å². The van der Waals surface area contributed by atoms with E-state index in [1.54, 1.807) is 25.2 Å². The quantitative estimate of drug-likeness (QED) is 0.361. The Morgan fingerprint density at radius 2 is 2.00 bits per heavy atom. The zero-order valence-corrected chi connectivity index (χ0v) is 16.0. The van der Waals surface area contributed by atoms with E-state index in [4.69, 9.17) is 5.73 Å². The first-order chi connectivity index (χ1) is 13.2. The summed E-state index contributed by atoms with van der Waals surface area (Å²) in [6.45, 7) is 2.08. The molecule has 1 aliphatic heterocycles. The van der Waals surface area contributed by atoms with Crippen LogP contribution >= 0.6 is 0 Å². The molecule has 0 aromatic rings. The number of carbonyl (C=O) groups excluding carboxylic acids is 5. The van der Waals surface area contributed by atoms with Crippen molar-refractivity contribution in [3.05, 3.63) is 24.3 Å². The molecule has 0 aliphatic carbocycles. The van der Waals surface area contributed by atoms with Crippen LogP contribution in [0.3, 0.4) is 0 Å². The third-order valence-electron chi connectivity index (χ3n) is 3.97. The lowest BCUT2D eigenvalue weighted by Gasteiger charge is -2.20. The van der Waals surface area contributed by atoms with Crippen LogP contribution in [-0.2, 0) is 19.2 Å². The molecule has 0 saturated carbocycles. The number of urea groups is 1. The Morgan fingerprint density at radius 1 is 1.29 bits per heavy atom. The molecule has 1 aliphatic rings. The number of hydrogen-bond donors (Lipinski definition) is 5. The van der Waals surface area contributed by atoms with Crippen LogP contribution < -0.4 is 27.0 Å². The van der Waals surface area contributed by atoms with E-state index in [9.17, 15) is 24.0 Å². The second kappa shape index (κ2) is 11.5. The molecule has 10 nitrogen and oxygen atoms in total. The summed E-state index contributed by atoms with van der Waals surface area (Å²) in [5, 5.41) is 10.1. The lowest BCUT2D eigenvalue weighted by molar-refractivity contribution is -0.130. The van der Waals surface area contributed by atoms with Gasteiger partial charge in [0.1, 0.15) is 0 Å². The molecule has 28 heavy (non-hydrogen) atoms. The zero-order valence-electron chi connectivity index (χ0n) is 16.0. The number of primary amides is 1. The molecule has 3 atom stereocenters. The Balaban J connectivity index is 2.92. The van der Waals surface area contributed by atoms with Crippen molar-refractivity contribution in [2.24, 2.45) is 11.7 Å². The summed E-state index contributed by atoms with van der Waals surface area (Å²) >= 11 is 0. The lowest BCUT2D eigenvalue weighted by Crippen LogP contribution is -2.48. The predicted molar refractivity (Wildman–Crippen MR) is 102 cm³/mol. The third-order valence-corrected chi connectivity index (χ3v) is 3.97. The molecule has 1 heterocycles. The molecule has 0 fully saturated rings. The van der Waals surface area contributed by atoms with Crippen LogP contribution in [0, 0.1) is 5.92 Å². The standard InChI is InChI=1S/C18H27N5O5/c1-11-6-7-16(26)21-8-4-3-5-12(17(27)22-11)9-14(24)13(10-15(19)25)23-18(28)20-2/h3,5-7,11-13H,4,8-10H2,1-2H3,(H2,19,25)(H,21,26)(H,22,27)(H2,20,23,28)/b5-3+,7-6+/t11-,12+,13?/m0/s1. The first-order valence-corrected chi connectivity index (χ1v) is 8.95. The number of rotatable bonds is 6. The topological polar surface area (TPSA) is 159 Å². The highest BCUT2D eigenvalue weighted by Crippen LogP contribution is 2.12. The number of carbonyl (C=O) groups is 5. The summed E-state index contributed by atoms with van der Waals surface area (Å²) in [7, 11) is 1.37. The molecule has 1 unspecified atom stereocenters. The van der Waals surface area contributed by atoms with E-state index in [1.807, 2.05) is 0 Å². The minimum absolute atomic E-state index is 0.215. The number of nitrogens with two attached hydrogens (primary N) is 1. The van der Waals surface area contributed by atoms with Gasteiger partial charge in [-0.15, -0.1) is 0 Å². The van der Waals surface area contributed by atoms with Gasteiger partial charge in [-0.2, -0.15) is 0 Å². The molecular formula is C18H27N5O5. The molecular weight excluding hydrogens is 366 g/mol. The van der Waals surface area contributed by atoms with Crippen molar-refractivity contribution in [2.45, 2.75) is 38.3 Å². The van der Waals surface area contributed by atoms with Gasteiger partial charge in [-0.05, 0) is 13.3 Å². The largest absolute Gasteiger partial charge is 0.370 e. The molecule has 0 aromatic heterocycles. The average molecular weight is 393 g/mol. The Hall–Kier alpha value is -3.17. The van der Waals surface area contributed by atoms with Crippen LogP contribution in [0.25, 0.3) is 0 Å². The minimum atomic E-state index is -1.13. The van der Waals surface area contributed by atoms with Crippen LogP contribution in [0.4, 0.5) is 4.79 Å². The first-order valence-electron chi connectivity index (χ1n) is 8.95. The van der Waals surface area contributed by atoms with E-state index in [-0.39, 0.29) is 18.7 Å². The highest BCUT2D eigenvalue weighted by molar-refractivity contribution is 5.95. The van der Waals surface area contributed by atoms with Crippen molar-refractivity contribution in [3.63, 3.8) is 0 Å². The summed E-state index contributed by atoms with van der Waals surface area (Å²) < 4.78 is 0. The SMILES string of the molecule is CNC(=O)NC(CC(N)=O)C(=O)C[C@H]1/C=C/CCNC(=O)/C=C/[C@H](C)NC1=O. The van der Waals surface area contributed by atoms with Crippen molar-refractivity contribution in [1.29, 1.82) is 0 Å².